The standard InChI is InChI=1S/C41H44O8/c42-27-7-5-6-24(17-27)33-14-12-28(43)18-25(33)16-26-19-32(49-30-10-3-4-11-30)21-35-40(45)37(23-47-41(26)35)36-22-46-38-15-13-31(20-34(38)39(36)44)48-29-8-1-2-9-29/h5-7,12-15,17-21,29-30,36-37,39-40,42-45H,1-4,8-11,16,22-23H2/t36-,37-,39+,40-/m1/s1. The quantitative estimate of drug-likeness (QED) is 0.151. The largest absolute Gasteiger partial charge is 0.508 e. The first-order chi connectivity index (χ1) is 23.9. The van der Waals surface area contributed by atoms with Crippen molar-refractivity contribution in [1.82, 2.24) is 0 Å². The van der Waals surface area contributed by atoms with Gasteiger partial charge in [0.15, 0.2) is 0 Å². The average Bonchev–Trinajstić information content (AvgIpc) is 3.81. The van der Waals surface area contributed by atoms with Crippen molar-refractivity contribution >= 4 is 0 Å². The Balaban J connectivity index is 1.11. The lowest BCUT2D eigenvalue weighted by Crippen LogP contribution is -2.40. The molecule has 0 bridgehead atoms. The zero-order valence-electron chi connectivity index (χ0n) is 27.6. The van der Waals surface area contributed by atoms with Gasteiger partial charge in [-0.15, -0.1) is 0 Å². The Morgan fingerprint density at radius 3 is 2.00 bits per heavy atom. The van der Waals surface area contributed by atoms with Crippen LogP contribution < -0.4 is 18.9 Å². The Hall–Kier alpha value is -4.40. The van der Waals surface area contributed by atoms with Crippen molar-refractivity contribution in [2.45, 2.75) is 82.2 Å². The molecule has 0 amide bonds. The molecule has 4 N–H and O–H groups in total. The second-order valence-corrected chi connectivity index (χ2v) is 14.2. The van der Waals surface area contributed by atoms with Crippen LogP contribution in [-0.2, 0) is 6.42 Å². The maximum Gasteiger partial charge on any atom is 0.128 e. The Morgan fingerprint density at radius 2 is 1.27 bits per heavy atom. The molecule has 0 spiro atoms. The summed E-state index contributed by atoms with van der Waals surface area (Å²) < 4.78 is 25.4. The number of aliphatic hydroxyl groups excluding tert-OH is 2. The first-order valence-corrected chi connectivity index (χ1v) is 17.8. The Bertz CT molecular complexity index is 1810. The third-order valence-corrected chi connectivity index (χ3v) is 10.8. The minimum absolute atomic E-state index is 0.109. The van der Waals surface area contributed by atoms with Gasteiger partial charge >= 0.3 is 0 Å². The van der Waals surface area contributed by atoms with Crippen LogP contribution in [0.15, 0.2) is 72.8 Å². The fourth-order valence-corrected chi connectivity index (χ4v) is 8.25. The average molecular weight is 665 g/mol. The van der Waals surface area contributed by atoms with Crippen LogP contribution in [0.1, 0.15) is 85.8 Å². The van der Waals surface area contributed by atoms with E-state index in [4.69, 9.17) is 18.9 Å². The molecule has 0 radical (unpaired) electrons. The molecule has 8 nitrogen and oxygen atoms in total. The van der Waals surface area contributed by atoms with Gasteiger partial charge in [-0.2, -0.15) is 0 Å². The van der Waals surface area contributed by atoms with Crippen LogP contribution >= 0.6 is 0 Å². The van der Waals surface area contributed by atoms with E-state index >= 15 is 0 Å². The summed E-state index contributed by atoms with van der Waals surface area (Å²) in [7, 11) is 0. The van der Waals surface area contributed by atoms with E-state index in [1.54, 1.807) is 30.3 Å². The van der Waals surface area contributed by atoms with Crippen LogP contribution in [0.4, 0.5) is 0 Å². The molecular weight excluding hydrogens is 620 g/mol. The number of fused-ring (bicyclic) bond motifs is 2. The second kappa shape index (κ2) is 13.5. The zero-order chi connectivity index (χ0) is 33.5. The van der Waals surface area contributed by atoms with Gasteiger partial charge in [-0.3, -0.25) is 0 Å². The summed E-state index contributed by atoms with van der Waals surface area (Å²) in [5, 5.41) is 44.5. The molecule has 2 heterocycles. The van der Waals surface area contributed by atoms with Crippen LogP contribution in [0.25, 0.3) is 11.1 Å². The van der Waals surface area contributed by atoms with E-state index in [0.29, 0.717) is 34.8 Å². The Labute approximate surface area is 286 Å². The fourth-order valence-electron chi connectivity index (χ4n) is 8.25. The Kier molecular flexibility index (Phi) is 8.76. The normalized spacial score (nSPS) is 23.7. The summed E-state index contributed by atoms with van der Waals surface area (Å²) in [6.07, 6.45) is 7.56. The molecule has 256 valence electrons. The number of phenols is 2. The van der Waals surface area contributed by atoms with Gasteiger partial charge in [0.2, 0.25) is 0 Å². The topological polar surface area (TPSA) is 118 Å². The van der Waals surface area contributed by atoms with Gasteiger partial charge in [0.25, 0.3) is 0 Å². The molecule has 4 aliphatic rings. The molecule has 2 aliphatic carbocycles. The van der Waals surface area contributed by atoms with Gasteiger partial charge in [-0.1, -0.05) is 18.2 Å². The van der Waals surface area contributed by atoms with Crippen LogP contribution in [0.3, 0.4) is 0 Å². The van der Waals surface area contributed by atoms with Crippen LogP contribution in [0.5, 0.6) is 34.5 Å². The molecule has 2 aliphatic heterocycles. The lowest BCUT2D eigenvalue weighted by atomic mass is 9.77. The van der Waals surface area contributed by atoms with Crippen molar-refractivity contribution < 1.29 is 39.4 Å². The van der Waals surface area contributed by atoms with Crippen LogP contribution in [-0.4, -0.2) is 45.8 Å². The molecule has 8 rings (SSSR count). The van der Waals surface area contributed by atoms with E-state index in [1.807, 2.05) is 42.5 Å². The lowest BCUT2D eigenvalue weighted by Gasteiger charge is -2.40. The van der Waals surface area contributed by atoms with Gasteiger partial charge in [0, 0.05) is 34.9 Å². The number of ether oxygens (including phenoxy) is 4. The van der Waals surface area contributed by atoms with E-state index in [0.717, 1.165) is 66.5 Å². The fraction of sp³-hybridized carbons (Fsp3) is 0.415. The summed E-state index contributed by atoms with van der Waals surface area (Å²) in [5.74, 6) is 2.07. The van der Waals surface area contributed by atoms with E-state index in [1.165, 1.54) is 12.8 Å². The van der Waals surface area contributed by atoms with Crippen molar-refractivity contribution in [3.63, 3.8) is 0 Å². The van der Waals surface area contributed by atoms with Gasteiger partial charge < -0.3 is 39.4 Å². The number of aromatic hydroxyl groups is 2. The third-order valence-electron chi connectivity index (χ3n) is 10.8. The minimum atomic E-state index is -0.938. The highest BCUT2D eigenvalue weighted by Crippen LogP contribution is 2.49. The summed E-state index contributed by atoms with van der Waals surface area (Å²) >= 11 is 0. The van der Waals surface area contributed by atoms with Gasteiger partial charge in [-0.05, 0) is 123 Å². The summed E-state index contributed by atoms with van der Waals surface area (Å²) in [6.45, 7) is 0.446. The number of phenolic OH excluding ortho intramolecular Hbond substituents is 2. The first kappa shape index (κ1) is 31.8. The highest BCUT2D eigenvalue weighted by atomic mass is 16.5. The zero-order valence-corrected chi connectivity index (χ0v) is 27.6. The summed E-state index contributed by atoms with van der Waals surface area (Å²) in [6, 6.07) is 21.8. The molecule has 0 unspecified atom stereocenters. The van der Waals surface area contributed by atoms with Crippen LogP contribution in [0, 0.1) is 11.8 Å². The predicted octanol–water partition coefficient (Wildman–Crippen LogP) is 7.78. The smallest absolute Gasteiger partial charge is 0.128 e. The summed E-state index contributed by atoms with van der Waals surface area (Å²) in [4.78, 5) is 0. The SMILES string of the molecule is Oc1cccc(-c2ccc(O)cc2Cc2cc(OC3CCCC3)cc3c2OC[C@H]([C@H]2COc4ccc(OC5CCCC5)cc4[C@@H]2O)[C@@H]3O)c1. The number of hydrogen-bond acceptors (Lipinski definition) is 8. The second-order valence-electron chi connectivity index (χ2n) is 14.2. The summed E-state index contributed by atoms with van der Waals surface area (Å²) in [5.41, 5.74) is 4.66. The van der Waals surface area contributed by atoms with E-state index in [-0.39, 0.29) is 36.9 Å². The van der Waals surface area contributed by atoms with Crippen molar-refractivity contribution in [3.05, 3.63) is 95.1 Å². The molecule has 49 heavy (non-hydrogen) atoms. The van der Waals surface area contributed by atoms with E-state index in [2.05, 4.69) is 0 Å². The van der Waals surface area contributed by atoms with Crippen molar-refractivity contribution in [3.8, 4) is 45.6 Å². The third kappa shape index (κ3) is 6.52. The molecule has 0 aromatic heterocycles. The molecule has 8 heteroatoms. The highest BCUT2D eigenvalue weighted by Gasteiger charge is 2.43. The van der Waals surface area contributed by atoms with Crippen molar-refractivity contribution in [2.24, 2.45) is 11.8 Å². The van der Waals surface area contributed by atoms with Gasteiger partial charge in [0.1, 0.15) is 34.5 Å². The molecular formula is C41H44O8. The number of hydrogen-bond donors (Lipinski definition) is 4. The van der Waals surface area contributed by atoms with Crippen molar-refractivity contribution in [1.29, 1.82) is 0 Å². The van der Waals surface area contributed by atoms with Crippen LogP contribution in [0.2, 0.25) is 0 Å². The van der Waals surface area contributed by atoms with E-state index in [9.17, 15) is 20.4 Å². The highest BCUT2D eigenvalue weighted by molar-refractivity contribution is 5.70. The predicted molar refractivity (Wildman–Crippen MR) is 185 cm³/mol. The number of aliphatic hydroxyl groups is 2. The monoisotopic (exact) mass is 664 g/mol. The maximum atomic E-state index is 12.1. The number of rotatable bonds is 8. The van der Waals surface area contributed by atoms with Gasteiger partial charge in [0.05, 0.1) is 37.6 Å². The maximum absolute atomic E-state index is 12.1. The Morgan fingerprint density at radius 1 is 0.612 bits per heavy atom. The molecule has 4 atom stereocenters. The van der Waals surface area contributed by atoms with E-state index < -0.39 is 24.0 Å². The lowest BCUT2D eigenvalue weighted by molar-refractivity contribution is -0.0555. The molecule has 2 fully saturated rings. The number of benzene rings is 4. The van der Waals surface area contributed by atoms with Crippen molar-refractivity contribution in [2.75, 3.05) is 13.2 Å². The molecule has 0 saturated heterocycles. The molecule has 2 saturated carbocycles. The minimum Gasteiger partial charge on any atom is -0.508 e. The van der Waals surface area contributed by atoms with Gasteiger partial charge in [-0.25, -0.2) is 0 Å². The first-order valence-electron chi connectivity index (χ1n) is 17.8. The molecule has 4 aromatic rings. The molecule has 4 aromatic carbocycles.